The lowest BCUT2D eigenvalue weighted by Crippen LogP contribution is -2.41. The fourth-order valence-corrected chi connectivity index (χ4v) is 3.12. The van der Waals surface area contributed by atoms with Crippen molar-refractivity contribution < 1.29 is 9.47 Å². The molecule has 2 rings (SSSR count). The molecule has 2 aromatic rings. The minimum Gasteiger partial charge on any atom is -0.497 e. The third kappa shape index (κ3) is 7.92. The second-order valence-electron chi connectivity index (χ2n) is 6.23. The van der Waals surface area contributed by atoms with Crippen molar-refractivity contribution in [2.24, 2.45) is 4.99 Å². The van der Waals surface area contributed by atoms with Crippen LogP contribution in [0.25, 0.3) is 0 Å². The standard InChI is InChI=1S/C19H28N4O2S.HI/c1-13(2)17-12-26-18(23-17)11-22-19(20-4)21-10-14(3)25-16-8-6-15(24-5)7-9-16;/h6-9,12-14H,10-11H2,1-5H3,(H2,20,21,22);1H. The summed E-state index contributed by atoms with van der Waals surface area (Å²) >= 11 is 1.67. The first-order valence-electron chi connectivity index (χ1n) is 8.71. The number of halogens is 1. The number of hydrogen-bond acceptors (Lipinski definition) is 5. The summed E-state index contributed by atoms with van der Waals surface area (Å²) in [6, 6.07) is 7.57. The Bertz CT molecular complexity index is 704. The van der Waals surface area contributed by atoms with E-state index >= 15 is 0 Å². The molecular weight excluding hydrogens is 475 g/mol. The fourth-order valence-electron chi connectivity index (χ4n) is 2.22. The number of benzene rings is 1. The topological polar surface area (TPSA) is 67.8 Å². The van der Waals surface area contributed by atoms with E-state index in [0.717, 1.165) is 28.2 Å². The maximum Gasteiger partial charge on any atom is 0.191 e. The first-order valence-corrected chi connectivity index (χ1v) is 9.59. The van der Waals surface area contributed by atoms with Gasteiger partial charge in [-0.25, -0.2) is 4.98 Å². The third-order valence-electron chi connectivity index (χ3n) is 3.75. The van der Waals surface area contributed by atoms with Gasteiger partial charge in [0.25, 0.3) is 0 Å². The van der Waals surface area contributed by atoms with E-state index in [1.165, 1.54) is 0 Å². The molecule has 0 radical (unpaired) electrons. The average molecular weight is 504 g/mol. The molecular formula is C19H29IN4O2S. The van der Waals surface area contributed by atoms with E-state index in [9.17, 15) is 0 Å². The lowest BCUT2D eigenvalue weighted by Gasteiger charge is -2.17. The predicted octanol–water partition coefficient (Wildman–Crippen LogP) is 4.03. The van der Waals surface area contributed by atoms with Crippen molar-refractivity contribution in [2.45, 2.75) is 39.3 Å². The van der Waals surface area contributed by atoms with Crippen LogP contribution in [0.15, 0.2) is 34.6 Å². The summed E-state index contributed by atoms with van der Waals surface area (Å²) in [5.74, 6) is 2.81. The van der Waals surface area contributed by atoms with Crippen molar-refractivity contribution in [1.82, 2.24) is 15.6 Å². The number of ether oxygens (including phenoxy) is 2. The zero-order valence-corrected chi connectivity index (χ0v) is 19.6. The molecule has 0 spiro atoms. The number of aromatic nitrogens is 1. The van der Waals surface area contributed by atoms with Gasteiger partial charge in [0.05, 0.1) is 25.9 Å². The molecule has 150 valence electrons. The molecule has 0 saturated carbocycles. The second-order valence-corrected chi connectivity index (χ2v) is 7.17. The van der Waals surface area contributed by atoms with Gasteiger partial charge in [0, 0.05) is 12.4 Å². The number of thiazole rings is 1. The van der Waals surface area contributed by atoms with Crippen LogP contribution in [0.2, 0.25) is 0 Å². The summed E-state index contributed by atoms with van der Waals surface area (Å²) < 4.78 is 11.0. The first-order chi connectivity index (χ1) is 12.5. The quantitative estimate of drug-likeness (QED) is 0.323. The van der Waals surface area contributed by atoms with Gasteiger partial charge in [-0.2, -0.15) is 0 Å². The molecule has 0 aliphatic rings. The minimum atomic E-state index is -0.00523. The Balaban J connectivity index is 0.00000364. The lowest BCUT2D eigenvalue weighted by atomic mass is 10.2. The highest BCUT2D eigenvalue weighted by atomic mass is 127. The highest BCUT2D eigenvalue weighted by molar-refractivity contribution is 14.0. The Kier molecular flexibility index (Phi) is 10.5. The molecule has 1 unspecified atom stereocenters. The Morgan fingerprint density at radius 3 is 2.37 bits per heavy atom. The molecule has 27 heavy (non-hydrogen) atoms. The van der Waals surface area contributed by atoms with E-state index in [1.54, 1.807) is 25.5 Å². The van der Waals surface area contributed by atoms with Gasteiger partial charge >= 0.3 is 0 Å². The van der Waals surface area contributed by atoms with Crippen LogP contribution in [0, 0.1) is 0 Å². The van der Waals surface area contributed by atoms with Gasteiger partial charge in [0.2, 0.25) is 0 Å². The molecule has 8 heteroatoms. The van der Waals surface area contributed by atoms with Crippen molar-refractivity contribution in [2.75, 3.05) is 20.7 Å². The predicted molar refractivity (Wildman–Crippen MR) is 123 cm³/mol. The molecule has 2 N–H and O–H groups in total. The van der Waals surface area contributed by atoms with E-state index in [0.29, 0.717) is 19.0 Å². The van der Waals surface area contributed by atoms with Crippen molar-refractivity contribution in [3.63, 3.8) is 0 Å². The van der Waals surface area contributed by atoms with Crippen molar-refractivity contribution in [1.29, 1.82) is 0 Å². The molecule has 1 heterocycles. The molecule has 0 fully saturated rings. The summed E-state index contributed by atoms with van der Waals surface area (Å²) in [6.45, 7) is 7.61. The Labute approximate surface area is 182 Å². The van der Waals surface area contributed by atoms with Crippen LogP contribution >= 0.6 is 35.3 Å². The van der Waals surface area contributed by atoms with Crippen LogP contribution in [-0.4, -0.2) is 37.7 Å². The van der Waals surface area contributed by atoms with Crippen LogP contribution in [0.1, 0.15) is 37.4 Å². The van der Waals surface area contributed by atoms with E-state index < -0.39 is 0 Å². The number of rotatable bonds is 8. The average Bonchev–Trinajstić information content (AvgIpc) is 3.12. The van der Waals surface area contributed by atoms with E-state index in [1.807, 2.05) is 31.2 Å². The zero-order chi connectivity index (χ0) is 18.9. The van der Waals surface area contributed by atoms with E-state index in [4.69, 9.17) is 9.47 Å². The monoisotopic (exact) mass is 504 g/mol. The number of nitrogens with zero attached hydrogens (tertiary/aromatic N) is 2. The molecule has 1 aromatic carbocycles. The van der Waals surface area contributed by atoms with Crippen molar-refractivity contribution in [3.8, 4) is 11.5 Å². The van der Waals surface area contributed by atoms with E-state index in [-0.39, 0.29) is 30.1 Å². The van der Waals surface area contributed by atoms with Gasteiger partial charge in [0.15, 0.2) is 5.96 Å². The Morgan fingerprint density at radius 2 is 1.81 bits per heavy atom. The van der Waals surface area contributed by atoms with Crippen LogP contribution in [0.3, 0.4) is 0 Å². The summed E-state index contributed by atoms with van der Waals surface area (Å²) in [6.07, 6.45) is -0.00523. The van der Waals surface area contributed by atoms with Gasteiger partial charge in [0.1, 0.15) is 22.6 Å². The summed E-state index contributed by atoms with van der Waals surface area (Å²) in [7, 11) is 3.40. The van der Waals surface area contributed by atoms with Gasteiger partial charge in [-0.05, 0) is 37.1 Å². The Hall–Kier alpha value is -1.55. The minimum absolute atomic E-state index is 0. The zero-order valence-electron chi connectivity index (χ0n) is 16.5. The summed E-state index contributed by atoms with van der Waals surface area (Å²) in [5, 5.41) is 9.73. The molecule has 6 nitrogen and oxygen atoms in total. The smallest absolute Gasteiger partial charge is 0.191 e. The van der Waals surface area contributed by atoms with Crippen molar-refractivity contribution >= 4 is 41.3 Å². The number of methoxy groups -OCH3 is 1. The maximum absolute atomic E-state index is 5.89. The number of hydrogen-bond donors (Lipinski definition) is 2. The normalized spacial score (nSPS) is 12.3. The molecule has 0 aliphatic carbocycles. The van der Waals surface area contributed by atoms with Gasteiger partial charge in [-0.15, -0.1) is 35.3 Å². The molecule has 0 saturated heterocycles. The van der Waals surface area contributed by atoms with E-state index in [2.05, 4.69) is 39.8 Å². The number of nitrogens with one attached hydrogen (secondary N) is 2. The number of guanidine groups is 1. The molecule has 1 atom stereocenters. The van der Waals surface area contributed by atoms with Crippen LogP contribution < -0.4 is 20.1 Å². The van der Waals surface area contributed by atoms with Gasteiger partial charge < -0.3 is 20.1 Å². The van der Waals surface area contributed by atoms with Crippen LogP contribution in [0.4, 0.5) is 0 Å². The first kappa shape index (κ1) is 23.5. The third-order valence-corrected chi connectivity index (χ3v) is 4.61. The number of aliphatic imine (C=N–C) groups is 1. The second kappa shape index (κ2) is 12.0. The van der Waals surface area contributed by atoms with Crippen molar-refractivity contribution in [3.05, 3.63) is 40.3 Å². The largest absolute Gasteiger partial charge is 0.497 e. The van der Waals surface area contributed by atoms with Crippen LogP contribution in [0.5, 0.6) is 11.5 Å². The molecule has 0 amide bonds. The summed E-state index contributed by atoms with van der Waals surface area (Å²) in [4.78, 5) is 8.87. The highest BCUT2D eigenvalue weighted by Gasteiger charge is 2.08. The summed E-state index contributed by atoms with van der Waals surface area (Å²) in [5.41, 5.74) is 1.14. The fraction of sp³-hybridized carbons (Fsp3) is 0.474. The molecule has 0 bridgehead atoms. The van der Waals surface area contributed by atoms with Gasteiger partial charge in [-0.3, -0.25) is 4.99 Å². The molecule has 0 aliphatic heterocycles. The van der Waals surface area contributed by atoms with Gasteiger partial charge in [-0.1, -0.05) is 13.8 Å². The SMILES string of the molecule is CN=C(NCc1nc(C(C)C)cs1)NCC(C)Oc1ccc(OC)cc1.I. The highest BCUT2D eigenvalue weighted by Crippen LogP contribution is 2.18. The Morgan fingerprint density at radius 1 is 1.15 bits per heavy atom. The maximum atomic E-state index is 5.89. The van der Waals surface area contributed by atoms with Crippen LogP contribution in [-0.2, 0) is 6.54 Å². The molecule has 1 aromatic heterocycles. The lowest BCUT2D eigenvalue weighted by molar-refractivity contribution is 0.223.